The summed E-state index contributed by atoms with van der Waals surface area (Å²) in [6.07, 6.45) is -2.72. The van der Waals surface area contributed by atoms with Crippen molar-refractivity contribution < 1.29 is 13.2 Å². The topological polar surface area (TPSA) is 59.6 Å². The first kappa shape index (κ1) is 15.2. The maximum absolute atomic E-state index is 12.8. The molecule has 0 bridgehead atoms. The van der Waals surface area contributed by atoms with Gasteiger partial charge in [0.2, 0.25) is 0 Å². The van der Waals surface area contributed by atoms with Crippen molar-refractivity contribution in [2.24, 2.45) is 5.92 Å². The number of anilines is 1. The third-order valence-corrected chi connectivity index (χ3v) is 3.77. The highest BCUT2D eigenvalue weighted by Gasteiger charge is 2.42. The number of halogens is 3. The van der Waals surface area contributed by atoms with Crippen LogP contribution in [0.5, 0.6) is 0 Å². The maximum atomic E-state index is 12.8. The minimum absolute atomic E-state index is 0.0470. The van der Waals surface area contributed by atoms with E-state index >= 15 is 0 Å². The molecule has 1 saturated carbocycles. The predicted octanol–water partition coefficient (Wildman–Crippen LogP) is 3.96. The van der Waals surface area contributed by atoms with Gasteiger partial charge in [0.1, 0.15) is 12.1 Å². The minimum atomic E-state index is -4.15. The van der Waals surface area contributed by atoms with E-state index in [0.717, 1.165) is 0 Å². The molecule has 6 heteroatoms. The standard InChI is InChI=1S/C15H14F3N3/c16-15(17,18)12-2-1-3-13(7-12)21-14-5-4-10(8-19)11(6-14)9-20/h4-6,12-13,21H,1-3,7H2. The van der Waals surface area contributed by atoms with Crippen molar-refractivity contribution in [2.45, 2.75) is 37.9 Å². The Bertz CT molecular complexity index is 596. The number of rotatable bonds is 2. The molecule has 110 valence electrons. The molecule has 1 aliphatic rings. The fourth-order valence-corrected chi connectivity index (χ4v) is 2.68. The summed E-state index contributed by atoms with van der Waals surface area (Å²) in [7, 11) is 0. The van der Waals surface area contributed by atoms with Gasteiger partial charge in [-0.05, 0) is 37.5 Å². The zero-order valence-corrected chi connectivity index (χ0v) is 11.2. The third-order valence-electron chi connectivity index (χ3n) is 3.77. The molecule has 1 fully saturated rings. The van der Waals surface area contributed by atoms with Gasteiger partial charge in [-0.25, -0.2) is 0 Å². The fraction of sp³-hybridized carbons (Fsp3) is 0.467. The normalized spacial score (nSPS) is 22.1. The zero-order valence-electron chi connectivity index (χ0n) is 11.2. The molecular weight excluding hydrogens is 279 g/mol. The van der Waals surface area contributed by atoms with Gasteiger partial charge >= 0.3 is 6.18 Å². The van der Waals surface area contributed by atoms with Crippen molar-refractivity contribution in [1.82, 2.24) is 0 Å². The second-order valence-electron chi connectivity index (χ2n) is 5.23. The minimum Gasteiger partial charge on any atom is -0.382 e. The number of nitrogens with zero attached hydrogens (tertiary/aromatic N) is 2. The van der Waals surface area contributed by atoms with Crippen molar-refractivity contribution in [3.05, 3.63) is 29.3 Å². The monoisotopic (exact) mass is 293 g/mol. The summed E-state index contributed by atoms with van der Waals surface area (Å²) in [4.78, 5) is 0. The third kappa shape index (κ3) is 3.66. The van der Waals surface area contributed by atoms with Crippen molar-refractivity contribution in [3.8, 4) is 12.1 Å². The number of benzene rings is 1. The summed E-state index contributed by atoms with van der Waals surface area (Å²) in [5, 5.41) is 20.8. The van der Waals surface area contributed by atoms with Gasteiger partial charge in [0.15, 0.2) is 0 Å². The van der Waals surface area contributed by atoms with Gasteiger partial charge in [-0.2, -0.15) is 23.7 Å². The van der Waals surface area contributed by atoms with Crippen molar-refractivity contribution in [2.75, 3.05) is 5.32 Å². The van der Waals surface area contributed by atoms with Crippen LogP contribution in [0.4, 0.5) is 18.9 Å². The van der Waals surface area contributed by atoms with E-state index < -0.39 is 12.1 Å². The smallest absolute Gasteiger partial charge is 0.382 e. The SMILES string of the molecule is N#Cc1ccc(NC2CCCC(C(F)(F)F)C2)cc1C#N. The summed E-state index contributed by atoms with van der Waals surface area (Å²) in [6.45, 7) is 0. The van der Waals surface area contributed by atoms with Crippen LogP contribution < -0.4 is 5.32 Å². The van der Waals surface area contributed by atoms with E-state index in [0.29, 0.717) is 18.5 Å². The molecule has 21 heavy (non-hydrogen) atoms. The molecule has 0 saturated heterocycles. The molecule has 0 heterocycles. The highest BCUT2D eigenvalue weighted by Crippen LogP contribution is 2.38. The summed E-state index contributed by atoms with van der Waals surface area (Å²) in [5.41, 5.74) is 1.07. The largest absolute Gasteiger partial charge is 0.391 e. The predicted molar refractivity (Wildman–Crippen MR) is 71.3 cm³/mol. The van der Waals surface area contributed by atoms with Crippen LogP contribution in [0.2, 0.25) is 0 Å². The van der Waals surface area contributed by atoms with Crippen LogP contribution in [-0.2, 0) is 0 Å². The molecule has 1 aliphatic carbocycles. The van der Waals surface area contributed by atoms with Crippen molar-refractivity contribution in [3.63, 3.8) is 0 Å². The lowest BCUT2D eigenvalue weighted by atomic mass is 9.85. The average Bonchev–Trinajstić information content (AvgIpc) is 2.46. The van der Waals surface area contributed by atoms with Gasteiger partial charge in [-0.3, -0.25) is 0 Å². The molecule has 2 unspecified atom stereocenters. The van der Waals surface area contributed by atoms with Crippen LogP contribution in [-0.4, -0.2) is 12.2 Å². The molecule has 0 radical (unpaired) electrons. The first-order valence-electron chi connectivity index (χ1n) is 6.71. The lowest BCUT2D eigenvalue weighted by Crippen LogP contribution is -2.34. The molecule has 3 nitrogen and oxygen atoms in total. The molecule has 1 N–H and O–H groups in total. The fourth-order valence-electron chi connectivity index (χ4n) is 2.68. The summed E-state index contributed by atoms with van der Waals surface area (Å²) in [5.74, 6) is -1.27. The number of nitrogens with one attached hydrogen (secondary N) is 1. The molecule has 1 aromatic rings. The van der Waals surface area contributed by atoms with Crippen LogP contribution >= 0.6 is 0 Å². The van der Waals surface area contributed by atoms with Gasteiger partial charge in [0, 0.05) is 11.7 Å². The Balaban J connectivity index is 2.09. The molecule has 0 spiro atoms. The Hall–Kier alpha value is -2.21. The Morgan fingerprint density at radius 2 is 1.81 bits per heavy atom. The Labute approximate surface area is 121 Å². The Morgan fingerprint density at radius 3 is 2.43 bits per heavy atom. The van der Waals surface area contributed by atoms with E-state index in [1.807, 2.05) is 12.1 Å². The lowest BCUT2D eigenvalue weighted by molar-refractivity contribution is -0.182. The second-order valence-corrected chi connectivity index (χ2v) is 5.23. The number of nitriles is 2. The Kier molecular flexibility index (Phi) is 4.37. The molecule has 1 aromatic carbocycles. The van der Waals surface area contributed by atoms with Gasteiger partial charge in [0.05, 0.1) is 17.0 Å². The molecule has 2 atom stereocenters. The highest BCUT2D eigenvalue weighted by atomic mass is 19.4. The average molecular weight is 293 g/mol. The first-order valence-corrected chi connectivity index (χ1v) is 6.71. The Morgan fingerprint density at radius 1 is 1.10 bits per heavy atom. The first-order chi connectivity index (χ1) is 9.94. The number of alkyl halides is 3. The van der Waals surface area contributed by atoms with Crippen LogP contribution in [0.15, 0.2) is 18.2 Å². The van der Waals surface area contributed by atoms with Crippen LogP contribution in [0.3, 0.4) is 0 Å². The zero-order chi connectivity index (χ0) is 15.5. The van der Waals surface area contributed by atoms with Gasteiger partial charge in [-0.15, -0.1) is 0 Å². The van der Waals surface area contributed by atoms with Crippen LogP contribution in [0, 0.1) is 28.6 Å². The maximum Gasteiger partial charge on any atom is 0.391 e. The number of hydrogen-bond donors (Lipinski definition) is 1. The molecule has 2 rings (SSSR count). The number of hydrogen-bond acceptors (Lipinski definition) is 3. The van der Waals surface area contributed by atoms with Gasteiger partial charge < -0.3 is 5.32 Å². The molecular formula is C15H14F3N3. The highest BCUT2D eigenvalue weighted by molar-refractivity contribution is 5.56. The summed E-state index contributed by atoms with van der Waals surface area (Å²) in [6, 6.07) is 8.20. The van der Waals surface area contributed by atoms with E-state index in [-0.39, 0.29) is 30.0 Å². The quantitative estimate of drug-likeness (QED) is 0.897. The van der Waals surface area contributed by atoms with E-state index in [1.54, 1.807) is 6.07 Å². The molecule has 0 aromatic heterocycles. The van der Waals surface area contributed by atoms with E-state index in [9.17, 15) is 13.2 Å². The van der Waals surface area contributed by atoms with Gasteiger partial charge in [0.25, 0.3) is 0 Å². The van der Waals surface area contributed by atoms with Crippen molar-refractivity contribution >= 4 is 5.69 Å². The lowest BCUT2D eigenvalue weighted by Gasteiger charge is -2.31. The molecule has 0 aliphatic heterocycles. The molecule has 0 amide bonds. The van der Waals surface area contributed by atoms with Crippen LogP contribution in [0.1, 0.15) is 36.8 Å². The van der Waals surface area contributed by atoms with Gasteiger partial charge in [-0.1, -0.05) is 6.42 Å². The summed E-state index contributed by atoms with van der Waals surface area (Å²) < 4.78 is 38.3. The van der Waals surface area contributed by atoms with E-state index in [4.69, 9.17) is 10.5 Å². The van der Waals surface area contributed by atoms with Crippen LogP contribution in [0.25, 0.3) is 0 Å². The van der Waals surface area contributed by atoms with E-state index in [2.05, 4.69) is 5.32 Å². The van der Waals surface area contributed by atoms with Crippen molar-refractivity contribution in [1.29, 1.82) is 10.5 Å². The second kappa shape index (κ2) is 6.05. The van der Waals surface area contributed by atoms with E-state index in [1.165, 1.54) is 12.1 Å². The summed E-state index contributed by atoms with van der Waals surface area (Å²) >= 11 is 0.